The second-order valence-corrected chi connectivity index (χ2v) is 10.9. The molecule has 3 fully saturated rings. The maximum atomic E-state index is 6.32. The molecule has 3 aliphatic heterocycles. The topological polar surface area (TPSA) is 49.5 Å². The molecule has 3 aliphatic rings. The zero-order valence-electron chi connectivity index (χ0n) is 19.3. The van der Waals surface area contributed by atoms with Crippen molar-refractivity contribution in [2.75, 3.05) is 6.61 Å². The number of unbranched alkanes of at least 4 members (excludes halogenated alkanes) is 1. The Morgan fingerprint density at radius 1 is 0.750 bits per heavy atom. The average molecular weight is 392 g/mol. The summed E-state index contributed by atoms with van der Waals surface area (Å²) in [6.45, 7) is 19.7. The number of hydrogen-bond acceptors (Lipinski definition) is 5. The van der Waals surface area contributed by atoms with E-state index in [1.807, 2.05) is 0 Å². The Morgan fingerprint density at radius 2 is 1.21 bits per heavy atom. The quantitative estimate of drug-likeness (QED) is 0.362. The van der Waals surface area contributed by atoms with Crippen LogP contribution in [-0.2, 0) is 23.4 Å². The zero-order valence-corrected chi connectivity index (χ0v) is 19.3. The standard InChI is InChI=1S/C21H38B2O5/c1-17(2)18(3,4)26-22(25-17)14-16(12-10-11-13-21(9)15-24-21)23-27-19(5,6)20(7,8)28-23/h14H,10-13,15H2,1-9H3/b16-14-. The summed E-state index contributed by atoms with van der Waals surface area (Å²) < 4.78 is 30.6. The SMILES string of the molecule is CC1(CCCC/C(=C/B2OC(C)(C)C(C)(C)O2)B2OC(C)(C)C(C)(C)O2)CO1. The third-order valence-corrected chi connectivity index (χ3v) is 7.24. The lowest BCUT2D eigenvalue weighted by Gasteiger charge is -2.32. The fraction of sp³-hybridized carbons (Fsp3) is 0.905. The monoisotopic (exact) mass is 392 g/mol. The highest BCUT2D eigenvalue weighted by atomic mass is 16.7. The van der Waals surface area contributed by atoms with E-state index in [4.69, 9.17) is 23.4 Å². The molecule has 0 aromatic heterocycles. The van der Waals surface area contributed by atoms with E-state index in [-0.39, 0.29) is 42.2 Å². The molecule has 3 saturated heterocycles. The van der Waals surface area contributed by atoms with Gasteiger partial charge in [-0.15, -0.1) is 0 Å². The van der Waals surface area contributed by atoms with Crippen molar-refractivity contribution in [1.82, 2.24) is 0 Å². The van der Waals surface area contributed by atoms with Gasteiger partial charge in [0.1, 0.15) is 0 Å². The van der Waals surface area contributed by atoms with Gasteiger partial charge < -0.3 is 23.4 Å². The zero-order chi connectivity index (χ0) is 21.0. The number of ether oxygens (including phenoxy) is 1. The molecule has 0 spiro atoms. The van der Waals surface area contributed by atoms with E-state index >= 15 is 0 Å². The van der Waals surface area contributed by atoms with Gasteiger partial charge in [-0.05, 0) is 80.6 Å². The molecular formula is C21H38B2O5. The van der Waals surface area contributed by atoms with Crippen molar-refractivity contribution >= 4 is 14.2 Å². The molecule has 0 radical (unpaired) electrons. The lowest BCUT2D eigenvalue weighted by atomic mass is 9.69. The minimum absolute atomic E-state index is 0.111. The summed E-state index contributed by atoms with van der Waals surface area (Å²) in [7, 11) is -0.750. The number of rotatable bonds is 7. The van der Waals surface area contributed by atoms with Crippen LogP contribution in [0.4, 0.5) is 0 Å². The Balaban J connectivity index is 1.71. The van der Waals surface area contributed by atoms with E-state index in [1.54, 1.807) is 0 Å². The lowest BCUT2D eigenvalue weighted by molar-refractivity contribution is 0.00578. The van der Waals surface area contributed by atoms with E-state index in [0.717, 1.165) is 37.8 Å². The molecule has 5 nitrogen and oxygen atoms in total. The highest BCUT2D eigenvalue weighted by molar-refractivity contribution is 6.60. The molecule has 158 valence electrons. The van der Waals surface area contributed by atoms with Crippen LogP contribution >= 0.6 is 0 Å². The van der Waals surface area contributed by atoms with Crippen molar-refractivity contribution in [3.8, 4) is 0 Å². The van der Waals surface area contributed by atoms with Crippen LogP contribution < -0.4 is 0 Å². The molecule has 0 bridgehead atoms. The van der Waals surface area contributed by atoms with Gasteiger partial charge in [-0.2, -0.15) is 0 Å². The van der Waals surface area contributed by atoms with E-state index < -0.39 is 0 Å². The predicted octanol–water partition coefficient (Wildman–Crippen LogP) is 4.52. The molecule has 1 atom stereocenters. The van der Waals surface area contributed by atoms with Gasteiger partial charge in [0.25, 0.3) is 0 Å². The fourth-order valence-corrected chi connectivity index (χ4v) is 3.50. The summed E-state index contributed by atoms with van der Waals surface area (Å²) in [6.07, 6.45) is 4.18. The maximum Gasteiger partial charge on any atom is 0.489 e. The molecule has 0 aliphatic carbocycles. The minimum atomic E-state index is -0.386. The minimum Gasteiger partial charge on any atom is -0.400 e. The Morgan fingerprint density at radius 3 is 1.68 bits per heavy atom. The second-order valence-electron chi connectivity index (χ2n) is 10.9. The van der Waals surface area contributed by atoms with E-state index in [9.17, 15) is 0 Å². The summed E-state index contributed by atoms with van der Waals surface area (Å²) >= 11 is 0. The normalized spacial score (nSPS) is 32.8. The van der Waals surface area contributed by atoms with Gasteiger partial charge in [-0.3, -0.25) is 0 Å². The smallest absolute Gasteiger partial charge is 0.400 e. The first-order chi connectivity index (χ1) is 12.7. The molecule has 0 amide bonds. The Hall–Kier alpha value is -0.330. The van der Waals surface area contributed by atoms with Crippen molar-refractivity contribution in [2.45, 2.75) is 116 Å². The van der Waals surface area contributed by atoms with Crippen molar-refractivity contribution in [1.29, 1.82) is 0 Å². The number of hydrogen-bond donors (Lipinski definition) is 0. The molecule has 3 rings (SSSR count). The molecule has 7 heteroatoms. The lowest BCUT2D eigenvalue weighted by Crippen LogP contribution is -2.41. The third kappa shape index (κ3) is 4.54. The fourth-order valence-electron chi connectivity index (χ4n) is 3.50. The summed E-state index contributed by atoms with van der Waals surface area (Å²) in [4.78, 5) is 0. The molecule has 0 saturated carbocycles. The maximum absolute atomic E-state index is 6.32. The third-order valence-electron chi connectivity index (χ3n) is 7.24. The van der Waals surface area contributed by atoms with Crippen LogP contribution in [0, 0.1) is 0 Å². The van der Waals surface area contributed by atoms with Crippen LogP contribution in [0.1, 0.15) is 88.0 Å². The highest BCUT2D eigenvalue weighted by Crippen LogP contribution is 2.41. The van der Waals surface area contributed by atoms with Gasteiger partial charge in [0, 0.05) is 0 Å². The van der Waals surface area contributed by atoms with Crippen molar-refractivity contribution in [3.63, 3.8) is 0 Å². The van der Waals surface area contributed by atoms with Gasteiger partial charge in [-0.1, -0.05) is 18.8 Å². The van der Waals surface area contributed by atoms with Crippen LogP contribution in [0.25, 0.3) is 0 Å². The van der Waals surface area contributed by atoms with E-state index in [0.29, 0.717) is 0 Å². The van der Waals surface area contributed by atoms with Crippen molar-refractivity contribution in [3.05, 3.63) is 11.4 Å². The first-order valence-electron chi connectivity index (χ1n) is 10.7. The van der Waals surface area contributed by atoms with Gasteiger partial charge in [0.05, 0.1) is 34.6 Å². The molecule has 0 aromatic rings. The predicted molar refractivity (Wildman–Crippen MR) is 113 cm³/mol. The van der Waals surface area contributed by atoms with Crippen LogP contribution in [-0.4, -0.2) is 48.8 Å². The summed E-state index contributed by atoms with van der Waals surface area (Å²) in [5.41, 5.74) is -0.205. The first kappa shape index (κ1) is 22.4. The molecule has 3 heterocycles. The van der Waals surface area contributed by atoms with E-state index in [2.05, 4.69) is 68.3 Å². The summed E-state index contributed by atoms with van der Waals surface area (Å²) in [5.74, 6) is 2.08. The summed E-state index contributed by atoms with van der Waals surface area (Å²) in [5, 5.41) is 0. The molecule has 28 heavy (non-hydrogen) atoms. The molecule has 1 unspecified atom stereocenters. The first-order valence-corrected chi connectivity index (χ1v) is 10.7. The Kier molecular flexibility index (Phi) is 5.69. The Labute approximate surface area is 172 Å². The van der Waals surface area contributed by atoms with E-state index in [1.165, 1.54) is 0 Å². The van der Waals surface area contributed by atoms with Gasteiger partial charge in [-0.25, -0.2) is 0 Å². The van der Waals surface area contributed by atoms with Crippen LogP contribution in [0.2, 0.25) is 0 Å². The van der Waals surface area contributed by atoms with Crippen molar-refractivity contribution < 1.29 is 23.4 Å². The largest absolute Gasteiger partial charge is 0.489 e. The van der Waals surface area contributed by atoms with Gasteiger partial charge in [0.2, 0.25) is 0 Å². The van der Waals surface area contributed by atoms with Crippen LogP contribution in [0.5, 0.6) is 0 Å². The second kappa shape index (κ2) is 7.12. The highest BCUT2D eigenvalue weighted by Gasteiger charge is 2.54. The molecule has 0 aromatic carbocycles. The number of allylic oxidation sites excluding steroid dienone is 1. The van der Waals surface area contributed by atoms with Crippen LogP contribution in [0.15, 0.2) is 11.4 Å². The van der Waals surface area contributed by atoms with Crippen LogP contribution in [0.3, 0.4) is 0 Å². The number of epoxide rings is 1. The molecular weight excluding hydrogens is 354 g/mol. The van der Waals surface area contributed by atoms with Gasteiger partial charge in [0.15, 0.2) is 0 Å². The van der Waals surface area contributed by atoms with Crippen molar-refractivity contribution in [2.24, 2.45) is 0 Å². The average Bonchev–Trinajstić information content (AvgIpc) is 3.14. The molecule has 0 N–H and O–H groups in total. The summed E-state index contributed by atoms with van der Waals surface area (Å²) in [6, 6.07) is 0. The Bertz CT molecular complexity index is 590. The van der Waals surface area contributed by atoms with Gasteiger partial charge >= 0.3 is 14.2 Å².